The maximum Gasteiger partial charge on any atom is 0.0809 e. The third-order valence-corrected chi connectivity index (χ3v) is 9.90. The average Bonchev–Trinajstić information content (AvgIpc) is 3.12. The van der Waals surface area contributed by atoms with Crippen molar-refractivity contribution in [2.45, 2.75) is 84.3 Å². The lowest BCUT2D eigenvalue weighted by molar-refractivity contribution is -0.133. The minimum Gasteiger partial charge on any atom is -0.393 e. The van der Waals surface area contributed by atoms with E-state index in [0.717, 1.165) is 48.8 Å². The van der Waals surface area contributed by atoms with Gasteiger partial charge in [0.25, 0.3) is 0 Å². The molecule has 0 radical (unpaired) electrons. The zero-order valence-electron chi connectivity index (χ0n) is 18.6. The zero-order valence-corrected chi connectivity index (χ0v) is 18.6. The summed E-state index contributed by atoms with van der Waals surface area (Å²) < 4.78 is 1.87. The molecule has 1 heterocycles. The highest BCUT2D eigenvalue weighted by Crippen LogP contribution is 2.67. The Morgan fingerprint density at radius 1 is 1.07 bits per heavy atom. The molecule has 2 N–H and O–H groups in total. The van der Waals surface area contributed by atoms with Crippen LogP contribution in [0.3, 0.4) is 0 Å². The number of hydrogen-bond donors (Lipinski definition) is 2. The van der Waals surface area contributed by atoms with E-state index >= 15 is 0 Å². The highest BCUT2D eigenvalue weighted by molar-refractivity contribution is 5.56. The Balaban J connectivity index is 1.45. The predicted octanol–water partition coefficient (Wildman–Crippen LogP) is 4.49. The van der Waals surface area contributed by atoms with Crippen molar-refractivity contribution in [3.8, 4) is 0 Å². The van der Waals surface area contributed by atoms with Gasteiger partial charge in [0.1, 0.15) is 0 Å². The molecule has 8 atom stereocenters. The number of nitrogens with zero attached hydrogens (tertiary/aromatic N) is 2. The van der Waals surface area contributed by atoms with Crippen LogP contribution in [0, 0.1) is 41.4 Å². The molecule has 0 bridgehead atoms. The van der Waals surface area contributed by atoms with Crippen molar-refractivity contribution in [2.75, 3.05) is 0 Å². The molecular weight excluding hydrogens is 360 g/mol. The molecule has 0 aliphatic heterocycles. The summed E-state index contributed by atoms with van der Waals surface area (Å²) in [5.74, 6) is 2.76. The normalized spacial score (nSPS) is 48.3. The van der Waals surface area contributed by atoms with Crippen molar-refractivity contribution in [2.24, 2.45) is 41.5 Å². The lowest BCUT2D eigenvalue weighted by atomic mass is 9.45. The minimum atomic E-state index is -0.327. The average molecular weight is 399 g/mol. The van der Waals surface area contributed by atoms with Crippen LogP contribution in [0.25, 0.3) is 6.08 Å². The van der Waals surface area contributed by atoms with Crippen LogP contribution in [-0.2, 0) is 7.05 Å². The van der Waals surface area contributed by atoms with Gasteiger partial charge >= 0.3 is 0 Å². The van der Waals surface area contributed by atoms with Crippen LogP contribution in [0.15, 0.2) is 11.8 Å². The Bertz CT molecular complexity index is 829. The summed E-state index contributed by atoms with van der Waals surface area (Å²) in [7, 11) is 1.96. The lowest BCUT2D eigenvalue weighted by Crippen LogP contribution is -2.54. The molecule has 160 valence electrons. The number of hydrogen-bond acceptors (Lipinski definition) is 3. The van der Waals surface area contributed by atoms with E-state index in [4.69, 9.17) is 0 Å². The first-order valence-electron chi connectivity index (χ1n) is 11.8. The van der Waals surface area contributed by atoms with Crippen LogP contribution in [0.5, 0.6) is 0 Å². The van der Waals surface area contributed by atoms with Crippen molar-refractivity contribution in [3.63, 3.8) is 0 Å². The number of aromatic nitrogens is 2. The molecule has 1 aromatic rings. The second-order valence-corrected chi connectivity index (χ2v) is 11.3. The van der Waals surface area contributed by atoms with Gasteiger partial charge in [-0.1, -0.05) is 13.8 Å². The van der Waals surface area contributed by atoms with Gasteiger partial charge in [0.15, 0.2) is 0 Å². The lowest BCUT2D eigenvalue weighted by Gasteiger charge is -2.60. The van der Waals surface area contributed by atoms with Crippen LogP contribution in [0.1, 0.15) is 76.5 Å². The minimum absolute atomic E-state index is 0.0144. The highest BCUT2D eigenvalue weighted by atomic mass is 16.3. The van der Waals surface area contributed by atoms with Gasteiger partial charge in [0.05, 0.1) is 17.9 Å². The summed E-state index contributed by atoms with van der Waals surface area (Å²) in [5, 5.41) is 26.1. The van der Waals surface area contributed by atoms with Crippen molar-refractivity contribution >= 4 is 6.08 Å². The molecule has 4 fully saturated rings. The fraction of sp³-hybridized carbons (Fsp3) is 0.800. The molecule has 4 heteroatoms. The third-order valence-electron chi connectivity index (χ3n) is 9.90. The molecule has 0 spiro atoms. The number of aryl methyl sites for hydroxylation is 2. The summed E-state index contributed by atoms with van der Waals surface area (Å²) >= 11 is 0. The van der Waals surface area contributed by atoms with Crippen LogP contribution in [0.4, 0.5) is 0 Å². The van der Waals surface area contributed by atoms with Crippen molar-refractivity contribution in [3.05, 3.63) is 23.0 Å². The number of aliphatic hydroxyl groups excluding tert-OH is 2. The summed E-state index contributed by atoms with van der Waals surface area (Å²) in [6.45, 7) is 6.94. The monoisotopic (exact) mass is 398 g/mol. The maximum atomic E-state index is 11.4. The first-order chi connectivity index (χ1) is 13.7. The molecule has 4 saturated carbocycles. The molecule has 0 unspecified atom stereocenters. The second-order valence-electron chi connectivity index (χ2n) is 11.3. The van der Waals surface area contributed by atoms with E-state index in [1.807, 2.05) is 11.7 Å². The largest absolute Gasteiger partial charge is 0.393 e. The standard InChI is InChI=1S/C25H38N2O2/c1-15-17(14-27(4)26-15)11-16-12-22-20-6-5-18-13-19(28)7-9-24(18,2)21(20)8-10-25(22,3)23(16)29/h11,14,18-23,28-29H,5-10,12-13H2,1-4H3/b16-11+/t18-,19-,20-,21+,22+,23-,24-,25+/m0/s1. The van der Waals surface area contributed by atoms with Crippen LogP contribution < -0.4 is 0 Å². The van der Waals surface area contributed by atoms with Gasteiger partial charge in [-0.15, -0.1) is 0 Å². The van der Waals surface area contributed by atoms with E-state index in [1.165, 1.54) is 31.3 Å². The van der Waals surface area contributed by atoms with Crippen molar-refractivity contribution in [1.29, 1.82) is 0 Å². The van der Waals surface area contributed by atoms with Gasteiger partial charge in [0.2, 0.25) is 0 Å². The topological polar surface area (TPSA) is 58.3 Å². The zero-order chi connectivity index (χ0) is 20.6. The molecular formula is C25H38N2O2. The fourth-order valence-corrected chi connectivity index (χ4v) is 8.19. The summed E-state index contributed by atoms with van der Waals surface area (Å²) in [4.78, 5) is 0. The van der Waals surface area contributed by atoms with Gasteiger partial charge in [0, 0.05) is 24.2 Å². The first-order valence-corrected chi connectivity index (χ1v) is 11.8. The molecule has 0 amide bonds. The molecule has 4 nitrogen and oxygen atoms in total. The quantitative estimate of drug-likeness (QED) is 0.733. The third kappa shape index (κ3) is 2.89. The molecule has 0 saturated heterocycles. The smallest absolute Gasteiger partial charge is 0.0809 e. The Morgan fingerprint density at radius 2 is 1.83 bits per heavy atom. The van der Waals surface area contributed by atoms with E-state index in [9.17, 15) is 10.2 Å². The Morgan fingerprint density at radius 3 is 2.55 bits per heavy atom. The van der Waals surface area contributed by atoms with Gasteiger partial charge < -0.3 is 10.2 Å². The summed E-state index contributed by atoms with van der Waals surface area (Å²) in [5.41, 5.74) is 3.82. The number of fused-ring (bicyclic) bond motifs is 5. The number of aliphatic hydroxyl groups is 2. The molecule has 1 aromatic heterocycles. The van der Waals surface area contributed by atoms with Crippen molar-refractivity contribution < 1.29 is 10.2 Å². The van der Waals surface area contributed by atoms with Gasteiger partial charge in [-0.05, 0) is 99.0 Å². The van der Waals surface area contributed by atoms with E-state index in [2.05, 4.69) is 38.1 Å². The molecule has 4 aliphatic carbocycles. The van der Waals surface area contributed by atoms with Gasteiger partial charge in [-0.3, -0.25) is 4.68 Å². The van der Waals surface area contributed by atoms with E-state index in [1.54, 1.807) is 0 Å². The van der Waals surface area contributed by atoms with E-state index in [-0.39, 0.29) is 17.6 Å². The Labute approximate surface area is 175 Å². The molecule has 5 rings (SSSR count). The fourth-order valence-electron chi connectivity index (χ4n) is 8.19. The predicted molar refractivity (Wildman–Crippen MR) is 115 cm³/mol. The summed E-state index contributed by atoms with van der Waals surface area (Å²) in [6.07, 6.45) is 13.0. The molecule has 29 heavy (non-hydrogen) atoms. The molecule has 4 aliphatic rings. The van der Waals surface area contributed by atoms with E-state index < -0.39 is 0 Å². The van der Waals surface area contributed by atoms with Crippen molar-refractivity contribution in [1.82, 2.24) is 9.78 Å². The Hall–Kier alpha value is -1.13. The summed E-state index contributed by atoms with van der Waals surface area (Å²) in [6, 6.07) is 0. The SMILES string of the molecule is Cc1nn(C)cc1/C=C1\C[C@@H]2[C@H]3CC[C@H]4C[C@@H](O)CC[C@]4(C)[C@@H]3CC[C@@]2(C)[C@H]1O. The van der Waals surface area contributed by atoms with Crippen LogP contribution in [0.2, 0.25) is 0 Å². The molecule has 0 aromatic carbocycles. The highest BCUT2D eigenvalue weighted by Gasteiger charge is 2.61. The maximum absolute atomic E-state index is 11.4. The first kappa shape index (κ1) is 19.8. The number of rotatable bonds is 1. The Kier molecular flexibility index (Phi) is 4.57. The van der Waals surface area contributed by atoms with Gasteiger partial charge in [-0.2, -0.15) is 5.10 Å². The van der Waals surface area contributed by atoms with Gasteiger partial charge in [-0.25, -0.2) is 0 Å². The van der Waals surface area contributed by atoms with E-state index in [0.29, 0.717) is 17.3 Å². The van der Waals surface area contributed by atoms with Crippen LogP contribution in [-0.4, -0.2) is 32.2 Å². The second kappa shape index (κ2) is 6.68. The van der Waals surface area contributed by atoms with Crippen LogP contribution >= 0.6 is 0 Å².